The number of halogens is 1. The average molecular weight is 718 g/mol. The summed E-state index contributed by atoms with van der Waals surface area (Å²) in [5.41, 5.74) is 3.60. The van der Waals surface area contributed by atoms with Gasteiger partial charge >= 0.3 is 0 Å². The summed E-state index contributed by atoms with van der Waals surface area (Å²) in [6.07, 6.45) is 4.05. The average Bonchev–Trinajstić information content (AvgIpc) is 3.62. The minimum Gasteiger partial charge on any atom is -0.493 e. The Bertz CT molecular complexity index is 1880. The number of nitrogens with one attached hydrogen (secondary N) is 1. The van der Waals surface area contributed by atoms with Crippen molar-refractivity contribution in [2.45, 2.75) is 69.5 Å². The molecule has 0 unspecified atom stereocenters. The highest BCUT2D eigenvalue weighted by Crippen LogP contribution is 2.33. The normalized spacial score (nSPS) is 13.8. The first kappa shape index (κ1) is 36.7. The predicted octanol–water partition coefficient (Wildman–Crippen LogP) is 6.87. The lowest BCUT2D eigenvalue weighted by atomic mass is 10.0. The molecule has 0 spiro atoms. The maximum Gasteiger partial charge on any atom is 0.264 e. The molecule has 0 aromatic heterocycles. The summed E-state index contributed by atoms with van der Waals surface area (Å²) in [4.78, 5) is 30.4. The van der Waals surface area contributed by atoms with E-state index in [1.165, 1.54) is 37.3 Å². The van der Waals surface area contributed by atoms with Crippen molar-refractivity contribution < 1.29 is 27.5 Å². The number of nitrogens with zero attached hydrogens (tertiary/aromatic N) is 2. The van der Waals surface area contributed by atoms with E-state index >= 15 is 0 Å². The van der Waals surface area contributed by atoms with E-state index in [1.54, 1.807) is 36.4 Å². The standard InChI is InChI=1S/C39H44ClN3O6S/c1-27-20-28(2)22-33(21-27)43(50(46,47)34-18-19-36(48-3)37(24-34)49-4)26-38(44)42(25-30-14-16-31(40)17-15-30)35(23-29-10-6-5-7-11-29)39(45)41-32-12-8-9-13-32/h5-7,10-11,14-22,24,32,35H,8-9,12-13,23,25-26H2,1-4H3,(H,41,45)/t35-/m1/s1. The molecule has 0 heterocycles. The number of hydrogen-bond donors (Lipinski definition) is 1. The predicted molar refractivity (Wildman–Crippen MR) is 196 cm³/mol. The molecule has 1 fully saturated rings. The molecule has 0 radical (unpaired) electrons. The van der Waals surface area contributed by atoms with Crippen LogP contribution in [0.1, 0.15) is 47.9 Å². The quantitative estimate of drug-likeness (QED) is 0.153. The second kappa shape index (κ2) is 16.4. The zero-order chi connectivity index (χ0) is 35.8. The molecule has 2 amide bonds. The number of aryl methyl sites for hydroxylation is 2. The van der Waals surface area contributed by atoms with Crippen molar-refractivity contribution in [3.8, 4) is 11.5 Å². The lowest BCUT2D eigenvalue weighted by Gasteiger charge is -2.34. The summed E-state index contributed by atoms with van der Waals surface area (Å²) in [7, 11) is -1.45. The lowest BCUT2D eigenvalue weighted by Crippen LogP contribution is -2.54. The number of methoxy groups -OCH3 is 2. The fraction of sp³-hybridized carbons (Fsp3) is 0.333. The van der Waals surface area contributed by atoms with Crippen LogP contribution in [0.4, 0.5) is 5.69 Å². The molecule has 4 aromatic carbocycles. The third-order valence-corrected chi connectivity index (χ3v) is 11.0. The van der Waals surface area contributed by atoms with Gasteiger partial charge in [-0.1, -0.05) is 73.0 Å². The van der Waals surface area contributed by atoms with Gasteiger partial charge in [0.25, 0.3) is 10.0 Å². The molecule has 0 aliphatic heterocycles. The molecule has 1 atom stereocenters. The van der Waals surface area contributed by atoms with E-state index in [1.807, 2.05) is 50.2 Å². The van der Waals surface area contributed by atoms with Gasteiger partial charge in [0.15, 0.2) is 11.5 Å². The smallest absolute Gasteiger partial charge is 0.264 e. The Morgan fingerprint density at radius 1 is 0.840 bits per heavy atom. The third kappa shape index (κ3) is 8.97. The van der Waals surface area contributed by atoms with Gasteiger partial charge < -0.3 is 19.7 Å². The second-order valence-corrected chi connectivity index (χ2v) is 15.0. The molecule has 0 saturated heterocycles. The van der Waals surface area contributed by atoms with Gasteiger partial charge in [0.1, 0.15) is 12.6 Å². The van der Waals surface area contributed by atoms with Crippen molar-refractivity contribution in [1.29, 1.82) is 0 Å². The minimum atomic E-state index is -4.34. The van der Waals surface area contributed by atoms with Crippen LogP contribution in [0.5, 0.6) is 11.5 Å². The SMILES string of the molecule is COc1ccc(S(=O)(=O)N(CC(=O)N(Cc2ccc(Cl)cc2)[C@H](Cc2ccccc2)C(=O)NC2CCCC2)c2cc(C)cc(C)c2)cc1OC. The van der Waals surface area contributed by atoms with Crippen molar-refractivity contribution in [2.24, 2.45) is 0 Å². The number of hydrogen-bond acceptors (Lipinski definition) is 6. The summed E-state index contributed by atoms with van der Waals surface area (Å²) in [6.45, 7) is 3.24. The zero-order valence-electron chi connectivity index (χ0n) is 28.9. The number of anilines is 1. The summed E-state index contributed by atoms with van der Waals surface area (Å²) in [5, 5.41) is 3.73. The highest BCUT2D eigenvalue weighted by Gasteiger charge is 2.36. The summed E-state index contributed by atoms with van der Waals surface area (Å²) >= 11 is 6.20. The van der Waals surface area contributed by atoms with Crippen molar-refractivity contribution in [2.75, 3.05) is 25.1 Å². The number of amides is 2. The monoisotopic (exact) mass is 717 g/mol. The Balaban J connectivity index is 1.60. The maximum atomic E-state index is 14.8. The van der Waals surface area contributed by atoms with Crippen molar-refractivity contribution in [3.63, 3.8) is 0 Å². The van der Waals surface area contributed by atoms with Gasteiger partial charge in [-0.15, -0.1) is 0 Å². The maximum absolute atomic E-state index is 14.8. The molecular weight excluding hydrogens is 674 g/mol. The highest BCUT2D eigenvalue weighted by molar-refractivity contribution is 7.92. The van der Waals surface area contributed by atoms with Crippen LogP contribution in [0, 0.1) is 13.8 Å². The fourth-order valence-corrected chi connectivity index (χ4v) is 7.98. The van der Waals surface area contributed by atoms with Crippen LogP contribution in [-0.2, 0) is 32.6 Å². The van der Waals surface area contributed by atoms with E-state index in [0.717, 1.165) is 52.2 Å². The molecule has 9 nitrogen and oxygen atoms in total. The molecule has 1 aliphatic rings. The van der Waals surface area contributed by atoms with Crippen LogP contribution in [0.2, 0.25) is 5.02 Å². The van der Waals surface area contributed by atoms with Gasteiger partial charge in [-0.3, -0.25) is 13.9 Å². The van der Waals surface area contributed by atoms with Crippen LogP contribution >= 0.6 is 11.6 Å². The molecule has 5 rings (SSSR count). The number of sulfonamides is 1. The number of rotatable bonds is 14. The zero-order valence-corrected chi connectivity index (χ0v) is 30.5. The molecule has 0 bridgehead atoms. The number of benzene rings is 4. The first-order chi connectivity index (χ1) is 24.0. The minimum absolute atomic E-state index is 0.0189. The van der Waals surface area contributed by atoms with Gasteiger partial charge in [-0.2, -0.15) is 0 Å². The fourth-order valence-electron chi connectivity index (χ4n) is 6.44. The summed E-state index contributed by atoms with van der Waals surface area (Å²) in [6, 6.07) is 25.4. The Labute approximate surface area is 300 Å². The Hall–Kier alpha value is -4.54. The van der Waals surface area contributed by atoms with Crippen LogP contribution in [0.3, 0.4) is 0 Å². The van der Waals surface area contributed by atoms with E-state index in [2.05, 4.69) is 5.32 Å². The van der Waals surface area contributed by atoms with Gasteiger partial charge in [0.05, 0.1) is 24.8 Å². The van der Waals surface area contributed by atoms with Crippen molar-refractivity contribution in [3.05, 3.63) is 118 Å². The molecule has 4 aromatic rings. The van der Waals surface area contributed by atoms with Gasteiger partial charge in [0.2, 0.25) is 11.8 Å². The Kier molecular flexibility index (Phi) is 12.1. The topological polar surface area (TPSA) is 105 Å². The Morgan fingerprint density at radius 3 is 2.10 bits per heavy atom. The molecular formula is C39H44ClN3O6S. The van der Waals surface area contributed by atoms with Crippen molar-refractivity contribution >= 4 is 39.1 Å². The van der Waals surface area contributed by atoms with Crippen molar-refractivity contribution in [1.82, 2.24) is 10.2 Å². The van der Waals surface area contributed by atoms with E-state index < -0.39 is 28.5 Å². The third-order valence-electron chi connectivity index (χ3n) is 8.96. The first-order valence-electron chi connectivity index (χ1n) is 16.7. The van der Waals surface area contributed by atoms with Gasteiger partial charge in [-0.25, -0.2) is 8.42 Å². The largest absolute Gasteiger partial charge is 0.493 e. The van der Waals surface area contributed by atoms with Crippen LogP contribution in [-0.4, -0.2) is 58.0 Å². The van der Waals surface area contributed by atoms with Crippen LogP contribution in [0.25, 0.3) is 0 Å². The van der Waals surface area contributed by atoms with Gasteiger partial charge in [-0.05, 0) is 85.3 Å². The Morgan fingerprint density at radius 2 is 1.48 bits per heavy atom. The van der Waals surface area contributed by atoms with Crippen LogP contribution in [0.15, 0.2) is 95.9 Å². The van der Waals surface area contributed by atoms with Crippen LogP contribution < -0.4 is 19.1 Å². The summed E-state index contributed by atoms with van der Waals surface area (Å²) in [5.74, 6) is -0.211. The summed E-state index contributed by atoms with van der Waals surface area (Å²) < 4.78 is 41.0. The van der Waals surface area contributed by atoms with E-state index in [9.17, 15) is 18.0 Å². The van der Waals surface area contributed by atoms with E-state index in [4.69, 9.17) is 21.1 Å². The first-order valence-corrected chi connectivity index (χ1v) is 18.5. The number of ether oxygens (including phenoxy) is 2. The van der Waals surface area contributed by atoms with Gasteiger partial charge in [0, 0.05) is 30.1 Å². The molecule has 11 heteroatoms. The van der Waals surface area contributed by atoms with E-state index in [-0.39, 0.29) is 35.6 Å². The number of carbonyl (C=O) groups excluding carboxylic acids is 2. The molecule has 1 saturated carbocycles. The van der Waals surface area contributed by atoms with E-state index in [0.29, 0.717) is 16.5 Å². The number of carbonyl (C=O) groups is 2. The second-order valence-electron chi connectivity index (χ2n) is 12.7. The molecule has 1 aliphatic carbocycles. The molecule has 1 N–H and O–H groups in total. The highest BCUT2D eigenvalue weighted by atomic mass is 35.5. The molecule has 264 valence electrons. The molecule has 50 heavy (non-hydrogen) atoms. The lowest BCUT2D eigenvalue weighted by molar-refractivity contribution is -0.140.